The smallest absolute Gasteiger partial charge is 0.189 e. The van der Waals surface area contributed by atoms with Crippen LogP contribution in [0.4, 0.5) is 0 Å². The van der Waals surface area contributed by atoms with E-state index in [0.29, 0.717) is 0 Å². The second-order valence-electron chi connectivity index (χ2n) is 7.37. The third kappa shape index (κ3) is 2.40. The molecule has 25 heavy (non-hydrogen) atoms. The summed E-state index contributed by atoms with van der Waals surface area (Å²) in [5, 5.41) is 4.20. The number of benzene rings is 2. The third-order valence-corrected chi connectivity index (χ3v) is 6.14. The summed E-state index contributed by atoms with van der Waals surface area (Å²) in [6.07, 6.45) is 13.0. The maximum absolute atomic E-state index is 2.56. The summed E-state index contributed by atoms with van der Waals surface area (Å²) in [5.41, 5.74) is 4.34. The summed E-state index contributed by atoms with van der Waals surface area (Å²) >= 11 is 0. The van der Waals surface area contributed by atoms with Crippen LogP contribution in [0.5, 0.6) is 0 Å². The van der Waals surface area contributed by atoms with Gasteiger partial charge in [0, 0.05) is 18.9 Å². The number of unbranched alkanes of at least 4 members (excludes halogenated alkanes) is 1. The van der Waals surface area contributed by atoms with E-state index in [1.807, 2.05) is 0 Å². The molecule has 1 aliphatic heterocycles. The number of allylic oxidation sites excluding steroid dienone is 1. The van der Waals surface area contributed by atoms with Gasteiger partial charge < -0.3 is 0 Å². The van der Waals surface area contributed by atoms with Crippen LogP contribution in [0.1, 0.15) is 57.6 Å². The third-order valence-electron chi connectivity index (χ3n) is 6.14. The minimum absolute atomic E-state index is 0.0643. The van der Waals surface area contributed by atoms with E-state index in [9.17, 15) is 0 Å². The first kappa shape index (κ1) is 16.3. The van der Waals surface area contributed by atoms with Crippen LogP contribution in [0, 0.1) is 0 Å². The van der Waals surface area contributed by atoms with Crippen molar-refractivity contribution >= 4 is 27.8 Å². The lowest BCUT2D eigenvalue weighted by Gasteiger charge is -2.23. The van der Waals surface area contributed by atoms with Gasteiger partial charge >= 0.3 is 0 Å². The van der Waals surface area contributed by atoms with E-state index in [2.05, 4.69) is 80.1 Å². The van der Waals surface area contributed by atoms with Crippen molar-refractivity contribution in [3.63, 3.8) is 0 Å². The van der Waals surface area contributed by atoms with Crippen LogP contribution in [0.2, 0.25) is 0 Å². The van der Waals surface area contributed by atoms with E-state index in [1.165, 1.54) is 52.1 Å². The molecular weight excluding hydrogens is 302 g/mol. The van der Waals surface area contributed by atoms with Gasteiger partial charge in [-0.15, -0.1) is 0 Å². The van der Waals surface area contributed by atoms with Crippen molar-refractivity contribution in [1.29, 1.82) is 0 Å². The highest BCUT2D eigenvalue weighted by atomic mass is 15.0. The standard InChI is InChI=1S/C24H28N/c1-4-7-9-18-15-17-25-23-21(18)13-12-19-10-8-11-20(22(19)23)14-16-24(25,5-2)6-3/h8,10-17H,4-7,9H2,1-3H3/q+1. The van der Waals surface area contributed by atoms with Crippen molar-refractivity contribution in [2.75, 3.05) is 0 Å². The molecule has 1 aromatic heterocycles. The Morgan fingerprint density at radius 1 is 0.960 bits per heavy atom. The van der Waals surface area contributed by atoms with Crippen molar-refractivity contribution in [1.82, 2.24) is 0 Å². The predicted molar refractivity (Wildman–Crippen MR) is 108 cm³/mol. The Bertz CT molecular complexity index is 961. The van der Waals surface area contributed by atoms with Crippen LogP contribution < -0.4 is 4.57 Å². The molecule has 0 amide bonds. The Balaban J connectivity index is 2.16. The highest BCUT2D eigenvalue weighted by Gasteiger charge is 2.37. The summed E-state index contributed by atoms with van der Waals surface area (Å²) in [5.74, 6) is 0. The van der Waals surface area contributed by atoms with Crippen molar-refractivity contribution in [3.8, 4) is 0 Å². The number of pyridine rings is 1. The Morgan fingerprint density at radius 2 is 1.80 bits per heavy atom. The second kappa shape index (κ2) is 6.29. The van der Waals surface area contributed by atoms with Gasteiger partial charge in [0.2, 0.25) is 5.52 Å². The molecular formula is C24H28N+. The second-order valence-corrected chi connectivity index (χ2v) is 7.37. The zero-order chi connectivity index (χ0) is 17.4. The molecule has 3 aromatic rings. The highest BCUT2D eigenvalue weighted by Crippen LogP contribution is 2.35. The van der Waals surface area contributed by atoms with Gasteiger partial charge in [0.25, 0.3) is 0 Å². The van der Waals surface area contributed by atoms with E-state index in [4.69, 9.17) is 0 Å². The fourth-order valence-corrected chi connectivity index (χ4v) is 4.47. The molecule has 0 spiro atoms. The van der Waals surface area contributed by atoms with Gasteiger partial charge in [0.1, 0.15) is 0 Å². The van der Waals surface area contributed by atoms with Crippen LogP contribution in [0.3, 0.4) is 0 Å². The lowest BCUT2D eigenvalue weighted by atomic mass is 9.90. The summed E-state index contributed by atoms with van der Waals surface area (Å²) in [7, 11) is 0. The largest absolute Gasteiger partial charge is 0.222 e. The minimum atomic E-state index is 0.0643. The maximum Gasteiger partial charge on any atom is 0.222 e. The van der Waals surface area contributed by atoms with Crippen LogP contribution in [-0.4, -0.2) is 0 Å². The SMILES string of the molecule is CCCCc1cc[n+]2c3c1ccc1cccc(c13)C=CC2(CC)CC. The maximum atomic E-state index is 2.56. The van der Waals surface area contributed by atoms with E-state index in [0.717, 1.165) is 12.8 Å². The topological polar surface area (TPSA) is 3.88 Å². The molecule has 0 radical (unpaired) electrons. The summed E-state index contributed by atoms with van der Waals surface area (Å²) < 4.78 is 2.56. The van der Waals surface area contributed by atoms with Gasteiger partial charge in [0.15, 0.2) is 11.7 Å². The molecule has 0 fully saturated rings. The fourth-order valence-electron chi connectivity index (χ4n) is 4.47. The van der Waals surface area contributed by atoms with E-state index < -0.39 is 0 Å². The monoisotopic (exact) mass is 330 g/mol. The van der Waals surface area contributed by atoms with E-state index in [-0.39, 0.29) is 5.54 Å². The molecule has 0 aliphatic carbocycles. The normalized spacial score (nSPS) is 15.2. The lowest BCUT2D eigenvalue weighted by Crippen LogP contribution is -2.54. The summed E-state index contributed by atoms with van der Waals surface area (Å²) in [4.78, 5) is 0. The van der Waals surface area contributed by atoms with Crippen LogP contribution in [0.25, 0.3) is 27.8 Å². The molecule has 128 valence electrons. The molecule has 4 rings (SSSR count). The minimum Gasteiger partial charge on any atom is -0.189 e. The van der Waals surface area contributed by atoms with Crippen molar-refractivity contribution in [3.05, 3.63) is 59.8 Å². The van der Waals surface area contributed by atoms with Gasteiger partial charge in [-0.05, 0) is 41.5 Å². The van der Waals surface area contributed by atoms with E-state index in [1.54, 1.807) is 0 Å². The van der Waals surface area contributed by atoms with Crippen molar-refractivity contribution in [2.45, 2.75) is 58.4 Å². The molecule has 1 nitrogen and oxygen atoms in total. The fraction of sp³-hybridized carbons (Fsp3) is 0.375. The predicted octanol–water partition coefficient (Wildman–Crippen LogP) is 6.17. The van der Waals surface area contributed by atoms with Gasteiger partial charge in [-0.25, -0.2) is 0 Å². The first-order valence-corrected chi connectivity index (χ1v) is 9.82. The van der Waals surface area contributed by atoms with Crippen LogP contribution >= 0.6 is 0 Å². The average Bonchev–Trinajstić information content (AvgIpc) is 2.81. The lowest BCUT2D eigenvalue weighted by molar-refractivity contribution is -0.729. The zero-order valence-corrected chi connectivity index (χ0v) is 15.7. The molecule has 0 unspecified atom stereocenters. The molecule has 1 aliphatic rings. The first-order valence-electron chi connectivity index (χ1n) is 9.82. The van der Waals surface area contributed by atoms with Crippen LogP contribution in [-0.2, 0) is 12.0 Å². The first-order chi connectivity index (χ1) is 12.2. The number of nitrogens with zero attached hydrogens (tertiary/aromatic N) is 1. The number of aryl methyl sites for hydroxylation is 1. The Labute approximate surface area is 151 Å². The Hall–Kier alpha value is -2.15. The molecule has 2 aromatic carbocycles. The summed E-state index contributed by atoms with van der Waals surface area (Å²) in [6, 6.07) is 13.7. The van der Waals surface area contributed by atoms with Gasteiger partial charge in [-0.1, -0.05) is 57.5 Å². The Kier molecular flexibility index (Phi) is 4.11. The zero-order valence-electron chi connectivity index (χ0n) is 15.7. The van der Waals surface area contributed by atoms with Gasteiger partial charge in [-0.3, -0.25) is 0 Å². The average molecular weight is 330 g/mol. The molecule has 0 bridgehead atoms. The van der Waals surface area contributed by atoms with Gasteiger partial charge in [-0.2, -0.15) is 4.57 Å². The number of hydrogen-bond donors (Lipinski definition) is 0. The quantitative estimate of drug-likeness (QED) is 0.389. The van der Waals surface area contributed by atoms with E-state index >= 15 is 0 Å². The van der Waals surface area contributed by atoms with Crippen molar-refractivity contribution < 1.29 is 4.57 Å². The number of rotatable bonds is 5. The summed E-state index contributed by atoms with van der Waals surface area (Å²) in [6.45, 7) is 6.90. The number of aromatic nitrogens is 1. The van der Waals surface area contributed by atoms with Crippen LogP contribution in [0.15, 0.2) is 48.7 Å². The molecule has 2 heterocycles. The highest BCUT2D eigenvalue weighted by molar-refractivity contribution is 6.08. The Morgan fingerprint density at radius 3 is 2.56 bits per heavy atom. The molecule has 0 saturated carbocycles. The number of hydrogen-bond acceptors (Lipinski definition) is 0. The molecule has 0 saturated heterocycles. The molecule has 0 N–H and O–H groups in total. The van der Waals surface area contributed by atoms with Gasteiger partial charge in [0.05, 0.1) is 10.8 Å². The van der Waals surface area contributed by atoms with Crippen molar-refractivity contribution in [2.24, 2.45) is 0 Å². The molecule has 0 atom stereocenters. The molecule has 1 heteroatoms.